The lowest BCUT2D eigenvalue weighted by Gasteiger charge is -2.30. The summed E-state index contributed by atoms with van der Waals surface area (Å²) in [5, 5.41) is 15.6. The van der Waals surface area contributed by atoms with Crippen LogP contribution in [0.2, 0.25) is 0 Å². The van der Waals surface area contributed by atoms with Crippen LogP contribution < -0.4 is 14.9 Å². The first-order valence-corrected chi connectivity index (χ1v) is 12.2. The number of hydrogen-bond acceptors (Lipinski definition) is 8. The van der Waals surface area contributed by atoms with E-state index in [0.29, 0.717) is 24.5 Å². The average molecular weight is 503 g/mol. The predicted octanol–water partition coefficient (Wildman–Crippen LogP) is 3.74. The molecule has 0 aromatic heterocycles. The van der Waals surface area contributed by atoms with Gasteiger partial charge >= 0.3 is 12.1 Å². The minimum atomic E-state index is -0.976. The highest BCUT2D eigenvalue weighted by Crippen LogP contribution is 2.20. The number of alkyl carbamates (subject to hydrolysis) is 1. The number of nitrogens with zero attached hydrogens (tertiary/aromatic N) is 1. The summed E-state index contributed by atoms with van der Waals surface area (Å²) in [6, 6.07) is 16.1. The second-order valence-corrected chi connectivity index (χ2v) is 8.52. The highest BCUT2D eigenvalue weighted by Gasteiger charge is 2.26. The molecule has 3 unspecified atom stereocenters. The molecule has 0 bridgehead atoms. The van der Waals surface area contributed by atoms with Gasteiger partial charge in [-0.2, -0.15) is 0 Å². The molecule has 0 aliphatic rings. The molecule has 0 saturated carbocycles. The molecule has 9 nitrogen and oxygen atoms in total. The van der Waals surface area contributed by atoms with E-state index in [1.807, 2.05) is 48.5 Å². The summed E-state index contributed by atoms with van der Waals surface area (Å²) in [5.41, 5.74) is 0.943. The van der Waals surface area contributed by atoms with Gasteiger partial charge in [-0.15, -0.1) is 5.06 Å². The molecule has 0 heterocycles. The lowest BCUT2D eigenvalue weighted by molar-refractivity contribution is -0.142. The number of carbonyl (C=O) groups is 2. The highest BCUT2D eigenvalue weighted by molar-refractivity contribution is 5.71. The molecule has 2 aromatic rings. The van der Waals surface area contributed by atoms with E-state index < -0.39 is 30.3 Å². The Morgan fingerprint density at radius 1 is 1.06 bits per heavy atom. The number of nitrogens with one attached hydrogen (secondary N) is 1. The quantitative estimate of drug-likeness (QED) is 0.280. The maximum absolute atomic E-state index is 12.6. The topological polar surface area (TPSA) is 107 Å². The molecule has 0 radical (unpaired) electrons. The zero-order valence-electron chi connectivity index (χ0n) is 21.5. The van der Waals surface area contributed by atoms with Crippen molar-refractivity contribution < 1.29 is 33.7 Å². The van der Waals surface area contributed by atoms with E-state index in [9.17, 15) is 14.7 Å². The third-order valence-electron chi connectivity index (χ3n) is 5.48. The molecule has 0 aliphatic heterocycles. The van der Waals surface area contributed by atoms with E-state index in [1.54, 1.807) is 25.2 Å². The van der Waals surface area contributed by atoms with Crippen molar-refractivity contribution in [3.8, 4) is 11.5 Å². The van der Waals surface area contributed by atoms with Crippen molar-refractivity contribution in [3.05, 3.63) is 60.2 Å². The minimum absolute atomic E-state index is 0.0605. The third-order valence-corrected chi connectivity index (χ3v) is 5.48. The third kappa shape index (κ3) is 10.5. The van der Waals surface area contributed by atoms with E-state index in [0.717, 1.165) is 18.4 Å². The largest absolute Gasteiger partial charge is 0.497 e. The van der Waals surface area contributed by atoms with E-state index >= 15 is 0 Å². The number of methoxy groups -OCH3 is 2. The standard InChI is InChI=1S/C27H38N2O7/c1-5-6-15-29(36-23-14-10-13-22(18-23)33-3)19-25(30)24(17-21-11-8-7-9-12-21)28-27(32)35-20(2)16-26(31)34-4/h7-14,18,20,24-25,30H,5-6,15-17,19H2,1-4H3,(H,28,32). The predicted molar refractivity (Wildman–Crippen MR) is 136 cm³/mol. The molecule has 0 fully saturated rings. The van der Waals surface area contributed by atoms with Crippen molar-refractivity contribution in [1.29, 1.82) is 0 Å². The molecule has 0 spiro atoms. The minimum Gasteiger partial charge on any atom is -0.497 e. The van der Waals surface area contributed by atoms with Gasteiger partial charge in [0.05, 0.1) is 39.3 Å². The van der Waals surface area contributed by atoms with Gasteiger partial charge in [0, 0.05) is 12.6 Å². The number of aliphatic hydroxyl groups excluding tert-OH is 1. The van der Waals surface area contributed by atoms with Crippen LogP contribution in [0.15, 0.2) is 54.6 Å². The SMILES string of the molecule is CCCCN(CC(O)C(Cc1ccccc1)NC(=O)OC(C)CC(=O)OC)Oc1cccc(OC)c1. The second kappa shape index (κ2) is 15.6. The van der Waals surface area contributed by atoms with Gasteiger partial charge in [0.2, 0.25) is 0 Å². The smallest absolute Gasteiger partial charge is 0.407 e. The fraction of sp³-hybridized carbons (Fsp3) is 0.481. The Morgan fingerprint density at radius 2 is 1.78 bits per heavy atom. The van der Waals surface area contributed by atoms with Crippen LogP contribution in [-0.4, -0.2) is 67.8 Å². The fourth-order valence-electron chi connectivity index (χ4n) is 3.53. The van der Waals surface area contributed by atoms with Gasteiger partial charge in [0.1, 0.15) is 11.9 Å². The van der Waals surface area contributed by atoms with Crippen LogP contribution in [0.5, 0.6) is 11.5 Å². The summed E-state index contributed by atoms with van der Waals surface area (Å²) in [7, 11) is 2.86. The van der Waals surface area contributed by atoms with E-state index in [-0.39, 0.29) is 13.0 Å². The summed E-state index contributed by atoms with van der Waals surface area (Å²) in [5.74, 6) is 0.773. The molecule has 36 heavy (non-hydrogen) atoms. The molecule has 9 heteroatoms. The molecule has 0 aliphatic carbocycles. The molecular formula is C27H38N2O7. The molecular weight excluding hydrogens is 464 g/mol. The lowest BCUT2D eigenvalue weighted by atomic mass is 10.0. The van der Waals surface area contributed by atoms with Crippen LogP contribution in [0.1, 0.15) is 38.7 Å². The number of rotatable bonds is 15. The Labute approximate surface area is 213 Å². The molecule has 2 aromatic carbocycles. The summed E-state index contributed by atoms with van der Waals surface area (Å²) >= 11 is 0. The van der Waals surface area contributed by atoms with Crippen LogP contribution in [0, 0.1) is 0 Å². The zero-order valence-corrected chi connectivity index (χ0v) is 21.5. The normalized spacial score (nSPS) is 13.4. The van der Waals surface area contributed by atoms with Gasteiger partial charge in [-0.05, 0) is 37.5 Å². The van der Waals surface area contributed by atoms with Crippen molar-refractivity contribution in [3.63, 3.8) is 0 Å². The van der Waals surface area contributed by atoms with E-state index in [4.69, 9.17) is 14.3 Å². The first-order valence-electron chi connectivity index (χ1n) is 12.2. The first-order chi connectivity index (χ1) is 17.3. The number of ether oxygens (including phenoxy) is 3. The van der Waals surface area contributed by atoms with Gasteiger partial charge in [-0.1, -0.05) is 49.7 Å². The molecule has 3 atom stereocenters. The van der Waals surface area contributed by atoms with Crippen LogP contribution >= 0.6 is 0 Å². The summed E-state index contributed by atoms with van der Waals surface area (Å²) < 4.78 is 15.2. The maximum atomic E-state index is 12.6. The molecule has 0 saturated heterocycles. The second-order valence-electron chi connectivity index (χ2n) is 8.52. The lowest BCUT2D eigenvalue weighted by Crippen LogP contribution is -2.50. The van der Waals surface area contributed by atoms with Gasteiger partial charge in [0.25, 0.3) is 0 Å². The number of hydroxylamine groups is 2. The Balaban J connectivity index is 2.12. The molecule has 2 rings (SSSR count). The van der Waals surface area contributed by atoms with Crippen molar-refractivity contribution in [2.75, 3.05) is 27.3 Å². The Kier molecular flexibility index (Phi) is 12.6. The maximum Gasteiger partial charge on any atom is 0.407 e. The van der Waals surface area contributed by atoms with Crippen LogP contribution in [-0.2, 0) is 20.7 Å². The van der Waals surface area contributed by atoms with Crippen molar-refractivity contribution in [2.45, 2.75) is 57.8 Å². The Morgan fingerprint density at radius 3 is 2.44 bits per heavy atom. The van der Waals surface area contributed by atoms with E-state index in [1.165, 1.54) is 7.11 Å². The van der Waals surface area contributed by atoms with Crippen LogP contribution in [0.3, 0.4) is 0 Å². The fourth-order valence-corrected chi connectivity index (χ4v) is 3.53. The number of carbonyl (C=O) groups excluding carboxylic acids is 2. The Bertz CT molecular complexity index is 925. The van der Waals surface area contributed by atoms with Gasteiger partial charge in [-0.25, -0.2) is 4.79 Å². The number of aliphatic hydroxyl groups is 1. The first kappa shape index (κ1) is 28.9. The zero-order chi connectivity index (χ0) is 26.3. The monoisotopic (exact) mass is 502 g/mol. The Hall–Kier alpha value is -3.30. The van der Waals surface area contributed by atoms with Gasteiger partial charge in [0.15, 0.2) is 5.75 Å². The van der Waals surface area contributed by atoms with Gasteiger partial charge < -0.3 is 29.5 Å². The summed E-state index contributed by atoms with van der Waals surface area (Å²) in [6.07, 6.45) is -0.246. The molecule has 198 valence electrons. The number of benzene rings is 2. The van der Waals surface area contributed by atoms with Crippen LogP contribution in [0.4, 0.5) is 4.79 Å². The molecule has 2 N–H and O–H groups in total. The van der Waals surface area contributed by atoms with Crippen molar-refractivity contribution in [1.82, 2.24) is 10.4 Å². The summed E-state index contributed by atoms with van der Waals surface area (Å²) in [4.78, 5) is 30.1. The number of amides is 1. The number of unbranched alkanes of at least 4 members (excludes halogenated alkanes) is 1. The van der Waals surface area contributed by atoms with Crippen molar-refractivity contribution in [2.24, 2.45) is 0 Å². The number of esters is 1. The summed E-state index contributed by atoms with van der Waals surface area (Å²) in [6.45, 7) is 4.41. The number of hydrogen-bond donors (Lipinski definition) is 2. The van der Waals surface area contributed by atoms with E-state index in [2.05, 4.69) is 17.0 Å². The van der Waals surface area contributed by atoms with Crippen LogP contribution in [0.25, 0.3) is 0 Å². The average Bonchev–Trinajstić information content (AvgIpc) is 2.87. The highest BCUT2D eigenvalue weighted by atomic mass is 16.7. The molecule has 1 amide bonds. The van der Waals surface area contributed by atoms with Gasteiger partial charge in [-0.3, -0.25) is 4.79 Å². The van der Waals surface area contributed by atoms with Crippen molar-refractivity contribution >= 4 is 12.1 Å².